The van der Waals surface area contributed by atoms with E-state index in [1.807, 2.05) is 19.1 Å². The topological polar surface area (TPSA) is 108 Å². The summed E-state index contributed by atoms with van der Waals surface area (Å²) in [4.78, 5) is 49.6. The smallest absolute Gasteiger partial charge is 0.323 e. The van der Waals surface area contributed by atoms with Crippen molar-refractivity contribution in [2.75, 3.05) is 6.54 Å². The van der Waals surface area contributed by atoms with Gasteiger partial charge in [-0.1, -0.05) is 30.5 Å². The van der Waals surface area contributed by atoms with Crippen LogP contribution in [0.25, 0.3) is 0 Å². The maximum absolute atomic E-state index is 12.5. The first-order valence-electron chi connectivity index (χ1n) is 9.21. The second kappa shape index (κ2) is 7.77. The molecule has 1 aliphatic heterocycles. The van der Waals surface area contributed by atoms with Crippen molar-refractivity contribution >= 4 is 23.8 Å². The molecular weight excluding hydrogens is 348 g/mol. The maximum Gasteiger partial charge on any atom is 0.325 e. The number of benzene rings is 1. The summed E-state index contributed by atoms with van der Waals surface area (Å²) in [5, 5.41) is 2.81. The minimum absolute atomic E-state index is 0.0955. The molecule has 5 amide bonds. The summed E-state index contributed by atoms with van der Waals surface area (Å²) in [6.07, 6.45) is 3.66. The molecule has 8 nitrogen and oxygen atoms in total. The number of imide groups is 1. The van der Waals surface area contributed by atoms with Crippen molar-refractivity contribution in [2.45, 2.75) is 51.0 Å². The first-order valence-corrected chi connectivity index (χ1v) is 9.21. The van der Waals surface area contributed by atoms with Gasteiger partial charge in [-0.3, -0.25) is 30.1 Å². The van der Waals surface area contributed by atoms with E-state index in [1.165, 1.54) is 4.90 Å². The Morgan fingerprint density at radius 1 is 1.11 bits per heavy atom. The molecule has 0 radical (unpaired) electrons. The summed E-state index contributed by atoms with van der Waals surface area (Å²) >= 11 is 0. The molecule has 3 N–H and O–H groups in total. The third kappa shape index (κ3) is 4.10. The number of urea groups is 1. The van der Waals surface area contributed by atoms with Gasteiger partial charge in [-0.15, -0.1) is 0 Å². The van der Waals surface area contributed by atoms with Crippen LogP contribution in [0.4, 0.5) is 4.79 Å². The number of hydrogen-bond donors (Lipinski definition) is 3. The Hall–Kier alpha value is -2.90. The first kappa shape index (κ1) is 18.9. The lowest BCUT2D eigenvalue weighted by Gasteiger charge is -2.19. The van der Waals surface area contributed by atoms with Gasteiger partial charge in [0.2, 0.25) is 5.91 Å². The Labute approximate surface area is 157 Å². The van der Waals surface area contributed by atoms with Crippen LogP contribution in [0.5, 0.6) is 0 Å². The standard InChI is InChI=1S/C19H24N4O4/c1-13-6-8-14(9-7-13)16(25)22-21-15(24)5-4-12-23-17(26)19(20-18(23)27)10-2-3-11-19/h6-9H,2-5,10-12H2,1H3,(H,20,27)(H,21,24)(H,22,25). The van der Waals surface area contributed by atoms with Crippen molar-refractivity contribution in [1.82, 2.24) is 21.1 Å². The van der Waals surface area contributed by atoms with Crippen molar-refractivity contribution in [1.29, 1.82) is 0 Å². The molecule has 0 bridgehead atoms. The molecule has 3 rings (SSSR count). The van der Waals surface area contributed by atoms with Gasteiger partial charge in [0.1, 0.15) is 5.54 Å². The zero-order chi connectivity index (χ0) is 19.4. The fourth-order valence-corrected chi connectivity index (χ4v) is 3.56. The number of nitrogens with one attached hydrogen (secondary N) is 3. The van der Waals surface area contributed by atoms with Crippen LogP contribution in [0.3, 0.4) is 0 Å². The van der Waals surface area contributed by atoms with E-state index in [9.17, 15) is 19.2 Å². The van der Waals surface area contributed by atoms with Crippen molar-refractivity contribution in [2.24, 2.45) is 0 Å². The SMILES string of the molecule is Cc1ccc(C(=O)NNC(=O)CCCN2C(=O)NC3(CCCC3)C2=O)cc1. The molecule has 1 aromatic carbocycles. The van der Waals surface area contributed by atoms with Crippen LogP contribution in [0.1, 0.15) is 54.4 Å². The van der Waals surface area contributed by atoms with Crippen molar-refractivity contribution in [3.8, 4) is 0 Å². The molecule has 1 spiro atoms. The van der Waals surface area contributed by atoms with Gasteiger partial charge in [-0.2, -0.15) is 0 Å². The molecule has 0 unspecified atom stereocenters. The number of amides is 5. The number of hydrogen-bond acceptors (Lipinski definition) is 4. The monoisotopic (exact) mass is 372 g/mol. The summed E-state index contributed by atoms with van der Waals surface area (Å²) in [6, 6.07) is 6.59. The highest BCUT2D eigenvalue weighted by Crippen LogP contribution is 2.35. The van der Waals surface area contributed by atoms with E-state index < -0.39 is 11.4 Å². The molecule has 1 aromatic rings. The van der Waals surface area contributed by atoms with Crippen LogP contribution < -0.4 is 16.2 Å². The van der Waals surface area contributed by atoms with E-state index in [0.717, 1.165) is 18.4 Å². The van der Waals surface area contributed by atoms with E-state index in [-0.39, 0.29) is 30.8 Å². The summed E-state index contributed by atoms with van der Waals surface area (Å²) in [5.74, 6) is -0.961. The zero-order valence-corrected chi connectivity index (χ0v) is 15.3. The van der Waals surface area contributed by atoms with Gasteiger partial charge in [0, 0.05) is 18.5 Å². The number of rotatable bonds is 5. The van der Waals surface area contributed by atoms with E-state index >= 15 is 0 Å². The van der Waals surface area contributed by atoms with E-state index in [1.54, 1.807) is 12.1 Å². The fraction of sp³-hybridized carbons (Fsp3) is 0.474. The summed E-state index contributed by atoms with van der Waals surface area (Å²) in [6.45, 7) is 2.11. The van der Waals surface area contributed by atoms with Crippen molar-refractivity contribution in [3.63, 3.8) is 0 Å². The molecule has 144 valence electrons. The van der Waals surface area contributed by atoms with E-state index in [2.05, 4.69) is 16.2 Å². The summed E-state index contributed by atoms with van der Waals surface area (Å²) < 4.78 is 0. The average molecular weight is 372 g/mol. The Morgan fingerprint density at radius 2 is 1.78 bits per heavy atom. The van der Waals surface area contributed by atoms with Crippen LogP contribution in [-0.4, -0.2) is 40.7 Å². The number of carbonyl (C=O) groups is 4. The largest absolute Gasteiger partial charge is 0.325 e. The molecule has 27 heavy (non-hydrogen) atoms. The van der Waals surface area contributed by atoms with Gasteiger partial charge < -0.3 is 5.32 Å². The molecule has 0 aromatic heterocycles. The van der Waals surface area contributed by atoms with Crippen LogP contribution in [-0.2, 0) is 9.59 Å². The lowest BCUT2D eigenvalue weighted by Crippen LogP contribution is -2.44. The molecule has 1 heterocycles. The fourth-order valence-electron chi connectivity index (χ4n) is 3.56. The number of hydrazine groups is 1. The van der Waals surface area contributed by atoms with Gasteiger partial charge in [-0.05, 0) is 38.3 Å². The predicted molar refractivity (Wildman–Crippen MR) is 97.5 cm³/mol. The van der Waals surface area contributed by atoms with Crippen LogP contribution in [0.15, 0.2) is 24.3 Å². The Kier molecular flexibility index (Phi) is 5.43. The first-order chi connectivity index (χ1) is 12.9. The van der Waals surface area contributed by atoms with Crippen LogP contribution in [0.2, 0.25) is 0 Å². The van der Waals surface area contributed by atoms with Gasteiger partial charge in [0.25, 0.3) is 11.8 Å². The maximum atomic E-state index is 12.5. The highest BCUT2D eigenvalue weighted by atomic mass is 16.2. The molecule has 1 saturated heterocycles. The van der Waals surface area contributed by atoms with Gasteiger partial charge in [-0.25, -0.2) is 4.79 Å². The van der Waals surface area contributed by atoms with Gasteiger partial charge in [0.05, 0.1) is 0 Å². The quantitative estimate of drug-likeness (QED) is 0.536. The number of aryl methyl sites for hydroxylation is 1. The molecule has 2 aliphatic rings. The van der Waals surface area contributed by atoms with E-state index in [0.29, 0.717) is 24.8 Å². The number of nitrogens with zero attached hydrogens (tertiary/aromatic N) is 1. The zero-order valence-electron chi connectivity index (χ0n) is 15.3. The van der Waals surface area contributed by atoms with E-state index in [4.69, 9.17) is 0 Å². The highest BCUT2D eigenvalue weighted by molar-refractivity contribution is 6.07. The minimum Gasteiger partial charge on any atom is -0.323 e. The lowest BCUT2D eigenvalue weighted by molar-refractivity contribution is -0.131. The highest BCUT2D eigenvalue weighted by Gasteiger charge is 2.51. The average Bonchev–Trinajstić information content (AvgIpc) is 3.20. The molecule has 8 heteroatoms. The van der Waals surface area contributed by atoms with Crippen molar-refractivity contribution in [3.05, 3.63) is 35.4 Å². The Bertz CT molecular complexity index is 753. The molecule has 2 fully saturated rings. The van der Waals surface area contributed by atoms with Gasteiger partial charge >= 0.3 is 6.03 Å². The third-order valence-corrected chi connectivity index (χ3v) is 5.12. The van der Waals surface area contributed by atoms with Gasteiger partial charge in [0.15, 0.2) is 0 Å². The van der Waals surface area contributed by atoms with Crippen LogP contribution in [0, 0.1) is 6.92 Å². The van der Waals surface area contributed by atoms with Crippen molar-refractivity contribution < 1.29 is 19.2 Å². The summed E-state index contributed by atoms with van der Waals surface area (Å²) in [5.41, 5.74) is 5.47. The Morgan fingerprint density at radius 3 is 2.44 bits per heavy atom. The normalized spacial score (nSPS) is 17.9. The second-order valence-electron chi connectivity index (χ2n) is 7.15. The van der Waals surface area contributed by atoms with Crippen LogP contribution >= 0.6 is 0 Å². The molecule has 1 aliphatic carbocycles. The molecule has 1 saturated carbocycles. The lowest BCUT2D eigenvalue weighted by atomic mass is 9.98. The second-order valence-corrected chi connectivity index (χ2v) is 7.15. The molecule has 0 atom stereocenters. The number of carbonyl (C=O) groups excluding carboxylic acids is 4. The predicted octanol–water partition coefficient (Wildman–Crippen LogP) is 1.40. The summed E-state index contributed by atoms with van der Waals surface area (Å²) in [7, 11) is 0. The third-order valence-electron chi connectivity index (χ3n) is 5.12. The molecular formula is C19H24N4O4. The Balaban J connectivity index is 1.41. The minimum atomic E-state index is -0.721.